The van der Waals surface area contributed by atoms with Crippen molar-refractivity contribution in [2.45, 2.75) is 13.8 Å². The zero-order chi connectivity index (χ0) is 15.4. The van der Waals surface area contributed by atoms with Crippen LogP contribution in [0.3, 0.4) is 0 Å². The fourth-order valence-electron chi connectivity index (χ4n) is 1.87. The predicted octanol–water partition coefficient (Wildman–Crippen LogP) is 2.96. The Hall–Kier alpha value is -2.15. The Labute approximate surface area is 126 Å². The van der Waals surface area contributed by atoms with E-state index in [0.717, 1.165) is 13.1 Å². The molecule has 1 heterocycles. The van der Waals surface area contributed by atoms with Crippen LogP contribution in [0.2, 0.25) is 0 Å². The number of nitrogens with one attached hydrogen (secondary N) is 1. The Morgan fingerprint density at radius 1 is 1.43 bits per heavy atom. The first-order valence-corrected chi connectivity index (χ1v) is 7.45. The van der Waals surface area contributed by atoms with E-state index < -0.39 is 5.82 Å². The van der Waals surface area contributed by atoms with Gasteiger partial charge in [-0.25, -0.2) is 9.37 Å². The second-order valence-corrected chi connectivity index (χ2v) is 5.33. The average molecular weight is 308 g/mol. The molecule has 7 heteroatoms. The molecule has 0 atom stereocenters. The van der Waals surface area contributed by atoms with E-state index >= 15 is 0 Å². The highest BCUT2D eigenvalue weighted by atomic mass is 32.1. The molecule has 112 valence electrons. The van der Waals surface area contributed by atoms with Gasteiger partial charge < -0.3 is 16.0 Å². The van der Waals surface area contributed by atoms with Crippen LogP contribution in [0.5, 0.6) is 0 Å². The molecular weight excluding hydrogens is 291 g/mol. The number of amides is 1. The van der Waals surface area contributed by atoms with Crippen molar-refractivity contribution >= 4 is 33.9 Å². The third-order valence-electron chi connectivity index (χ3n) is 2.96. The van der Waals surface area contributed by atoms with Crippen LogP contribution in [-0.2, 0) is 0 Å². The van der Waals surface area contributed by atoms with Crippen molar-refractivity contribution in [2.24, 2.45) is 0 Å². The molecule has 0 bridgehead atoms. The zero-order valence-corrected chi connectivity index (χ0v) is 12.7. The first-order valence-electron chi connectivity index (χ1n) is 6.63. The summed E-state index contributed by atoms with van der Waals surface area (Å²) >= 11 is 1.23. The maximum Gasteiger partial charge on any atom is 0.269 e. The van der Waals surface area contributed by atoms with Crippen LogP contribution in [0.4, 0.5) is 21.0 Å². The molecule has 21 heavy (non-hydrogen) atoms. The van der Waals surface area contributed by atoms with Crippen LogP contribution >= 0.6 is 11.3 Å². The van der Waals surface area contributed by atoms with E-state index in [1.165, 1.54) is 29.5 Å². The van der Waals surface area contributed by atoms with Gasteiger partial charge >= 0.3 is 0 Å². The first-order chi connectivity index (χ1) is 10.0. The summed E-state index contributed by atoms with van der Waals surface area (Å²) in [5, 5.41) is 3.33. The molecule has 0 aliphatic carbocycles. The van der Waals surface area contributed by atoms with Gasteiger partial charge in [0.1, 0.15) is 16.5 Å². The minimum Gasteiger partial charge on any atom is -0.382 e. The average Bonchev–Trinajstić information content (AvgIpc) is 2.82. The van der Waals surface area contributed by atoms with Crippen molar-refractivity contribution in [3.63, 3.8) is 0 Å². The van der Waals surface area contributed by atoms with Crippen LogP contribution in [0.1, 0.15) is 23.5 Å². The number of carbonyl (C=O) groups excluding carboxylic acids is 1. The highest BCUT2D eigenvalue weighted by molar-refractivity contribution is 7.18. The number of anilines is 3. The molecule has 0 aliphatic heterocycles. The topological polar surface area (TPSA) is 71.2 Å². The molecule has 0 saturated carbocycles. The van der Waals surface area contributed by atoms with Gasteiger partial charge in [0.05, 0.1) is 0 Å². The second kappa shape index (κ2) is 6.53. The van der Waals surface area contributed by atoms with Gasteiger partial charge in [0, 0.05) is 18.8 Å². The largest absolute Gasteiger partial charge is 0.382 e. The Morgan fingerprint density at radius 3 is 2.76 bits per heavy atom. The summed E-state index contributed by atoms with van der Waals surface area (Å²) in [6.07, 6.45) is 0. The van der Waals surface area contributed by atoms with Crippen LogP contribution in [0, 0.1) is 5.82 Å². The summed E-state index contributed by atoms with van der Waals surface area (Å²) in [4.78, 5) is 18.8. The van der Waals surface area contributed by atoms with Crippen molar-refractivity contribution in [1.29, 1.82) is 0 Å². The summed E-state index contributed by atoms with van der Waals surface area (Å²) in [5.41, 5.74) is 6.20. The molecule has 0 fully saturated rings. The molecule has 0 saturated heterocycles. The number of aromatic nitrogens is 1. The molecule has 5 nitrogen and oxygen atoms in total. The molecule has 2 aromatic rings. The number of carbonyl (C=O) groups is 1. The lowest BCUT2D eigenvalue weighted by Crippen LogP contribution is -2.21. The highest BCUT2D eigenvalue weighted by Crippen LogP contribution is 2.28. The van der Waals surface area contributed by atoms with Crippen LogP contribution in [0.25, 0.3) is 0 Å². The van der Waals surface area contributed by atoms with Crippen molar-refractivity contribution in [3.05, 3.63) is 35.0 Å². The van der Waals surface area contributed by atoms with E-state index in [1.807, 2.05) is 18.7 Å². The lowest BCUT2D eigenvalue weighted by Gasteiger charge is -2.16. The van der Waals surface area contributed by atoms with Crippen molar-refractivity contribution < 1.29 is 9.18 Å². The summed E-state index contributed by atoms with van der Waals surface area (Å²) in [6, 6.07) is 5.71. The Morgan fingerprint density at radius 2 is 2.14 bits per heavy atom. The standard InChI is InChI=1S/C14H17FN4OS/c1-3-19(4-2)14-18-12(16)11(21-14)13(20)17-10-7-5-6-9(15)8-10/h5-8H,3-4,16H2,1-2H3,(H,17,20). The quantitative estimate of drug-likeness (QED) is 0.891. The van der Waals surface area contributed by atoms with E-state index in [-0.39, 0.29) is 11.7 Å². The van der Waals surface area contributed by atoms with Gasteiger partial charge in [-0.05, 0) is 32.0 Å². The van der Waals surface area contributed by atoms with Gasteiger partial charge in [0.25, 0.3) is 5.91 Å². The molecule has 1 aromatic carbocycles. The van der Waals surface area contributed by atoms with E-state index in [1.54, 1.807) is 6.07 Å². The predicted molar refractivity (Wildman–Crippen MR) is 84.4 cm³/mol. The Kier molecular flexibility index (Phi) is 4.74. The van der Waals surface area contributed by atoms with Crippen LogP contribution < -0.4 is 16.0 Å². The summed E-state index contributed by atoms with van der Waals surface area (Å²) < 4.78 is 13.1. The normalized spacial score (nSPS) is 10.4. The third-order valence-corrected chi connectivity index (χ3v) is 4.10. The van der Waals surface area contributed by atoms with Crippen molar-refractivity contribution in [3.8, 4) is 0 Å². The Balaban J connectivity index is 2.19. The lowest BCUT2D eigenvalue weighted by atomic mass is 10.3. The SMILES string of the molecule is CCN(CC)c1nc(N)c(C(=O)Nc2cccc(F)c2)s1. The number of hydrogen-bond donors (Lipinski definition) is 2. The molecule has 0 radical (unpaired) electrons. The second-order valence-electron chi connectivity index (χ2n) is 4.35. The van der Waals surface area contributed by atoms with Crippen molar-refractivity contribution in [2.75, 3.05) is 29.0 Å². The summed E-state index contributed by atoms with van der Waals surface area (Å²) in [7, 11) is 0. The molecule has 0 spiro atoms. The summed E-state index contributed by atoms with van der Waals surface area (Å²) in [5.74, 6) is -0.598. The van der Waals surface area contributed by atoms with E-state index in [2.05, 4.69) is 10.3 Å². The maximum absolute atomic E-state index is 13.1. The number of halogens is 1. The highest BCUT2D eigenvalue weighted by Gasteiger charge is 2.18. The van der Waals surface area contributed by atoms with Crippen molar-refractivity contribution in [1.82, 2.24) is 4.98 Å². The van der Waals surface area contributed by atoms with Crippen LogP contribution in [0.15, 0.2) is 24.3 Å². The van der Waals surface area contributed by atoms with Gasteiger partial charge in [-0.15, -0.1) is 0 Å². The molecule has 0 unspecified atom stereocenters. The molecule has 1 aromatic heterocycles. The molecule has 2 rings (SSSR count). The van der Waals surface area contributed by atoms with E-state index in [9.17, 15) is 9.18 Å². The Bertz CT molecular complexity index is 640. The molecule has 0 aliphatic rings. The number of thiazole rings is 1. The fourth-order valence-corrected chi connectivity index (χ4v) is 2.87. The van der Waals surface area contributed by atoms with Gasteiger partial charge in [-0.1, -0.05) is 17.4 Å². The minimum absolute atomic E-state index is 0.191. The number of nitrogens with zero attached hydrogens (tertiary/aromatic N) is 2. The molecule has 1 amide bonds. The van der Waals surface area contributed by atoms with E-state index in [4.69, 9.17) is 5.73 Å². The number of benzene rings is 1. The van der Waals surface area contributed by atoms with Gasteiger partial charge in [0.15, 0.2) is 5.13 Å². The maximum atomic E-state index is 13.1. The fraction of sp³-hybridized carbons (Fsp3) is 0.286. The summed E-state index contributed by atoms with van der Waals surface area (Å²) in [6.45, 7) is 5.59. The van der Waals surface area contributed by atoms with Gasteiger partial charge in [-0.2, -0.15) is 0 Å². The molecular formula is C14H17FN4OS. The van der Waals surface area contributed by atoms with Crippen LogP contribution in [-0.4, -0.2) is 24.0 Å². The minimum atomic E-state index is -0.408. The number of nitrogens with two attached hydrogens (primary N) is 1. The lowest BCUT2D eigenvalue weighted by molar-refractivity contribution is 0.103. The molecule has 3 N–H and O–H groups in total. The van der Waals surface area contributed by atoms with Gasteiger partial charge in [0.2, 0.25) is 0 Å². The van der Waals surface area contributed by atoms with E-state index in [0.29, 0.717) is 15.7 Å². The number of nitrogen functional groups attached to an aromatic ring is 1. The monoisotopic (exact) mass is 308 g/mol. The zero-order valence-electron chi connectivity index (χ0n) is 11.9. The first kappa shape index (κ1) is 15.2. The van der Waals surface area contributed by atoms with Gasteiger partial charge in [-0.3, -0.25) is 4.79 Å². The third kappa shape index (κ3) is 3.49. The smallest absolute Gasteiger partial charge is 0.269 e. The number of hydrogen-bond acceptors (Lipinski definition) is 5. The number of rotatable bonds is 5.